The predicted octanol–water partition coefficient (Wildman–Crippen LogP) is 4.13. The van der Waals surface area contributed by atoms with Gasteiger partial charge in [0.05, 0.1) is 32.0 Å². The normalized spacial score (nSPS) is 19.1. The molecule has 14 nitrogen and oxygen atoms in total. The highest BCUT2D eigenvalue weighted by Crippen LogP contribution is 2.31. The number of Topliss-reactive ketones (excluding diaryl/α,β-unsaturated/α-hetero) is 4. The number of pyridine rings is 1. The van der Waals surface area contributed by atoms with Gasteiger partial charge in [0.15, 0.2) is 11.4 Å². The number of ketones is 4. The molecule has 1 aromatic carbocycles. The lowest BCUT2D eigenvalue weighted by molar-refractivity contribution is -0.163. The number of amides is 1. The Bertz CT molecular complexity index is 1650. The first kappa shape index (κ1) is 42.1. The van der Waals surface area contributed by atoms with E-state index in [1.165, 1.54) is 33.4 Å². The zero-order valence-electron chi connectivity index (χ0n) is 30.8. The molecule has 1 amide bonds. The molecule has 1 N–H and O–H groups in total. The van der Waals surface area contributed by atoms with Crippen molar-refractivity contribution in [3.8, 4) is 11.5 Å². The zero-order chi connectivity index (χ0) is 39.1. The Hall–Kier alpha value is -5.27. The Balaban J connectivity index is 1.79. The molecule has 1 heterocycles. The van der Waals surface area contributed by atoms with Gasteiger partial charge in [-0.1, -0.05) is 76.8 Å². The van der Waals surface area contributed by atoms with Crippen LogP contribution < -0.4 is 14.8 Å². The molecule has 0 spiro atoms. The highest BCUT2D eigenvalue weighted by atomic mass is 16.6. The largest absolute Gasteiger partial charge is 0.493 e. The minimum Gasteiger partial charge on any atom is -0.493 e. The van der Waals surface area contributed by atoms with E-state index in [9.17, 15) is 38.4 Å². The van der Waals surface area contributed by atoms with Gasteiger partial charge in [-0.05, 0) is 24.8 Å². The molecule has 53 heavy (non-hydrogen) atoms. The number of nitrogens with one attached hydrogen (secondary N) is 1. The van der Waals surface area contributed by atoms with Crippen LogP contribution in [0, 0.1) is 17.8 Å². The monoisotopic (exact) mass is 736 g/mol. The van der Waals surface area contributed by atoms with Gasteiger partial charge < -0.3 is 24.3 Å². The van der Waals surface area contributed by atoms with E-state index in [1.54, 1.807) is 44.2 Å². The van der Waals surface area contributed by atoms with Crippen LogP contribution in [0.15, 0.2) is 42.6 Å². The second-order valence-electron chi connectivity index (χ2n) is 13.2. The summed E-state index contributed by atoms with van der Waals surface area (Å²) >= 11 is 0. The lowest BCUT2D eigenvalue weighted by atomic mass is 9.81. The van der Waals surface area contributed by atoms with Crippen LogP contribution in [-0.4, -0.2) is 78.3 Å². The van der Waals surface area contributed by atoms with Gasteiger partial charge >= 0.3 is 17.9 Å². The summed E-state index contributed by atoms with van der Waals surface area (Å²) in [7, 11) is 2.63. The number of rotatable bonds is 17. The van der Waals surface area contributed by atoms with Crippen molar-refractivity contribution >= 4 is 46.9 Å². The van der Waals surface area contributed by atoms with Crippen LogP contribution in [0.5, 0.6) is 11.5 Å². The molecule has 0 unspecified atom stereocenters. The third-order valence-corrected chi connectivity index (χ3v) is 8.95. The van der Waals surface area contributed by atoms with Crippen molar-refractivity contribution in [2.24, 2.45) is 17.8 Å². The molecular formula is C39H48N2O12. The summed E-state index contributed by atoms with van der Waals surface area (Å²) in [4.78, 5) is 109. The smallest absolute Gasteiger partial charge is 0.311 e. The molecule has 0 saturated heterocycles. The van der Waals surface area contributed by atoms with Gasteiger partial charge in [-0.2, -0.15) is 0 Å². The lowest BCUT2D eigenvalue weighted by Gasteiger charge is -2.29. The van der Waals surface area contributed by atoms with Crippen molar-refractivity contribution in [2.45, 2.75) is 97.1 Å². The van der Waals surface area contributed by atoms with Gasteiger partial charge in [0.25, 0.3) is 5.91 Å². The van der Waals surface area contributed by atoms with Gasteiger partial charge in [-0.25, -0.2) is 4.98 Å². The first-order valence-corrected chi connectivity index (χ1v) is 17.8. The Kier molecular flexibility index (Phi) is 16.5. The molecule has 1 fully saturated rings. The highest BCUT2D eigenvalue weighted by molar-refractivity contribution is 6.44. The number of carbonyl (C=O) groups excluding carboxylic acids is 8. The molecule has 2 aromatic rings. The third kappa shape index (κ3) is 12.1. The van der Waals surface area contributed by atoms with Crippen LogP contribution in [0.25, 0.3) is 0 Å². The zero-order valence-corrected chi connectivity index (χ0v) is 30.8. The summed E-state index contributed by atoms with van der Waals surface area (Å²) in [5.41, 5.74) is 0.180. The van der Waals surface area contributed by atoms with Gasteiger partial charge in [-0.15, -0.1) is 0 Å². The van der Waals surface area contributed by atoms with Gasteiger partial charge in [0.1, 0.15) is 12.1 Å². The van der Waals surface area contributed by atoms with E-state index in [4.69, 9.17) is 14.2 Å². The van der Waals surface area contributed by atoms with E-state index in [0.717, 1.165) is 25.7 Å². The molecule has 1 aliphatic carbocycles. The summed E-state index contributed by atoms with van der Waals surface area (Å²) in [5, 5.41) is 2.34. The molecule has 0 bridgehead atoms. The van der Waals surface area contributed by atoms with E-state index in [0.29, 0.717) is 24.8 Å². The average Bonchev–Trinajstić information content (AvgIpc) is 3.16. The number of ether oxygens (including phenoxy) is 4. The second-order valence-corrected chi connectivity index (χ2v) is 13.2. The quantitative estimate of drug-likeness (QED) is 0.138. The van der Waals surface area contributed by atoms with Crippen molar-refractivity contribution in [1.29, 1.82) is 0 Å². The van der Waals surface area contributed by atoms with Crippen molar-refractivity contribution in [1.82, 2.24) is 10.3 Å². The van der Waals surface area contributed by atoms with Crippen LogP contribution in [-0.2, 0) is 49.5 Å². The van der Waals surface area contributed by atoms with Crippen LogP contribution >= 0.6 is 0 Å². The molecule has 0 radical (unpaired) electrons. The first-order chi connectivity index (χ1) is 25.3. The van der Waals surface area contributed by atoms with E-state index < -0.39 is 83.0 Å². The SMILES string of the molecule is COC(=O)CCCCCCCCC(=O)Oc1c(OC)ccnc1C(=O)N[C@H]1CC(=O)C(=O)[C@H](Cc2ccccc2)[C@H](OC(=O)C(C)C)[C@H](C)C(=O)C1=O. The van der Waals surface area contributed by atoms with Crippen LogP contribution in [0.1, 0.15) is 94.6 Å². The Labute approximate surface area is 308 Å². The maximum absolute atomic E-state index is 13.8. The molecule has 14 heteroatoms. The maximum atomic E-state index is 13.8. The number of methoxy groups -OCH3 is 2. The Morgan fingerprint density at radius 1 is 0.830 bits per heavy atom. The third-order valence-electron chi connectivity index (χ3n) is 8.95. The van der Waals surface area contributed by atoms with E-state index >= 15 is 0 Å². The summed E-state index contributed by atoms with van der Waals surface area (Å²) in [6.07, 6.45) is 3.72. The van der Waals surface area contributed by atoms with Crippen LogP contribution in [0.4, 0.5) is 0 Å². The van der Waals surface area contributed by atoms with Gasteiger partial charge in [0, 0.05) is 31.5 Å². The molecule has 1 aliphatic rings. The number of nitrogens with zero attached hydrogens (tertiary/aromatic N) is 1. The van der Waals surface area contributed by atoms with E-state index in [-0.39, 0.29) is 30.3 Å². The molecule has 1 saturated carbocycles. The fraction of sp³-hybridized carbons (Fsp3) is 0.513. The van der Waals surface area contributed by atoms with Crippen LogP contribution in [0.2, 0.25) is 0 Å². The number of hydrogen-bond acceptors (Lipinski definition) is 13. The number of unbranched alkanes of at least 4 members (excludes halogenated alkanes) is 5. The minimum absolute atomic E-state index is 0.0120. The maximum Gasteiger partial charge on any atom is 0.311 e. The number of hydrogen-bond donors (Lipinski definition) is 1. The summed E-state index contributed by atoms with van der Waals surface area (Å²) in [6.45, 7) is 4.47. The molecule has 4 atom stereocenters. The molecule has 0 aliphatic heterocycles. The Morgan fingerprint density at radius 3 is 2.06 bits per heavy atom. The number of carbonyl (C=O) groups is 8. The van der Waals surface area contributed by atoms with Crippen molar-refractivity contribution < 1.29 is 57.3 Å². The molecule has 286 valence electrons. The Morgan fingerprint density at radius 2 is 1.45 bits per heavy atom. The first-order valence-electron chi connectivity index (χ1n) is 17.8. The predicted molar refractivity (Wildman–Crippen MR) is 189 cm³/mol. The van der Waals surface area contributed by atoms with Gasteiger partial charge in [0.2, 0.25) is 28.9 Å². The summed E-state index contributed by atoms with van der Waals surface area (Å²) < 4.78 is 21.1. The fourth-order valence-electron chi connectivity index (χ4n) is 5.87. The van der Waals surface area contributed by atoms with E-state index in [2.05, 4.69) is 15.0 Å². The van der Waals surface area contributed by atoms with Crippen molar-refractivity contribution in [3.05, 3.63) is 53.9 Å². The van der Waals surface area contributed by atoms with Gasteiger partial charge in [-0.3, -0.25) is 38.4 Å². The standard InChI is InChI=1S/C39H48N2O12/c1-23(2)39(49)53-36-24(3)33(45)35(47)27(22-28(42)34(46)26(36)21-25-15-11-10-12-16-25)41-38(48)32-37(29(50-4)19-20-40-32)52-31(44)18-14-9-7-6-8-13-17-30(43)51-5/h10-12,15-16,19-20,23-24,26-27,36H,6-9,13-14,17-18,21-22H2,1-5H3,(H,41,48)/t24-,26+,27+,36-/m1/s1. The number of esters is 3. The molecule has 1 aromatic heterocycles. The lowest BCUT2D eigenvalue weighted by Crippen LogP contribution is -2.48. The molecular weight excluding hydrogens is 688 g/mol. The second kappa shape index (κ2) is 20.7. The molecule has 3 rings (SSSR count). The topological polar surface area (TPSA) is 198 Å². The van der Waals surface area contributed by atoms with Crippen LogP contribution in [0.3, 0.4) is 0 Å². The summed E-state index contributed by atoms with van der Waals surface area (Å²) in [6, 6.07) is 8.23. The highest BCUT2D eigenvalue weighted by Gasteiger charge is 2.46. The van der Waals surface area contributed by atoms with Crippen molar-refractivity contribution in [2.75, 3.05) is 14.2 Å². The minimum atomic E-state index is -1.78. The van der Waals surface area contributed by atoms with E-state index in [1.807, 2.05) is 0 Å². The number of aromatic nitrogens is 1. The average molecular weight is 737 g/mol. The summed E-state index contributed by atoms with van der Waals surface area (Å²) in [5.74, 6) is -10.6. The fourth-order valence-corrected chi connectivity index (χ4v) is 5.87. The van der Waals surface area contributed by atoms with Crippen molar-refractivity contribution in [3.63, 3.8) is 0 Å². The number of benzene rings is 1.